The minimum atomic E-state index is -0.873. The Morgan fingerprint density at radius 3 is 2.58 bits per heavy atom. The maximum absolute atomic E-state index is 12.2. The van der Waals surface area contributed by atoms with Crippen molar-refractivity contribution in [2.45, 2.75) is 12.8 Å². The lowest BCUT2D eigenvalue weighted by Gasteiger charge is -2.31. The first-order valence-corrected chi connectivity index (χ1v) is 6.90. The van der Waals surface area contributed by atoms with Gasteiger partial charge >= 0.3 is 5.97 Å². The Labute approximate surface area is 114 Å². The highest BCUT2D eigenvalue weighted by Crippen LogP contribution is 2.15. The van der Waals surface area contributed by atoms with Crippen molar-refractivity contribution in [3.63, 3.8) is 0 Å². The fraction of sp³-hybridized carbons (Fsp3) is 0.636. The van der Waals surface area contributed by atoms with Crippen LogP contribution in [0.15, 0.2) is 0 Å². The predicted octanol–water partition coefficient (Wildman–Crippen LogP) is -0.0571. The Hall–Kier alpha value is -1.54. The molecule has 1 aromatic rings. The van der Waals surface area contributed by atoms with Gasteiger partial charge in [0.15, 0.2) is 0 Å². The zero-order chi connectivity index (χ0) is 13.8. The molecule has 1 aliphatic rings. The van der Waals surface area contributed by atoms with E-state index in [4.69, 9.17) is 5.11 Å². The highest BCUT2D eigenvalue weighted by atomic mass is 32.1. The lowest BCUT2D eigenvalue weighted by Crippen LogP contribution is -2.47. The first-order chi connectivity index (χ1) is 9.06. The Balaban J connectivity index is 1.94. The lowest BCUT2D eigenvalue weighted by atomic mass is 10.3. The summed E-state index contributed by atoms with van der Waals surface area (Å²) in [6, 6.07) is 0. The Kier molecular flexibility index (Phi) is 4.43. The van der Waals surface area contributed by atoms with Crippen LogP contribution >= 0.6 is 11.3 Å². The first-order valence-electron chi connectivity index (χ1n) is 6.08. The van der Waals surface area contributed by atoms with Gasteiger partial charge in [-0.1, -0.05) is 11.3 Å². The molecule has 1 aromatic heterocycles. The Morgan fingerprint density at radius 1 is 1.26 bits per heavy atom. The highest BCUT2D eigenvalue weighted by molar-refractivity contribution is 7.13. The molecular weight excluding hydrogens is 268 g/mol. The van der Waals surface area contributed by atoms with Gasteiger partial charge in [-0.3, -0.25) is 9.59 Å². The molecule has 0 bridgehead atoms. The van der Waals surface area contributed by atoms with Gasteiger partial charge < -0.3 is 14.9 Å². The highest BCUT2D eigenvalue weighted by Gasteiger charge is 2.23. The number of carboxylic acid groups (broad SMARTS) is 1. The molecule has 2 heterocycles. The van der Waals surface area contributed by atoms with Crippen LogP contribution in [0.25, 0.3) is 0 Å². The van der Waals surface area contributed by atoms with Crippen molar-refractivity contribution >= 4 is 23.2 Å². The molecule has 0 saturated carbocycles. The van der Waals surface area contributed by atoms with Crippen LogP contribution in [-0.4, -0.2) is 70.2 Å². The van der Waals surface area contributed by atoms with E-state index in [2.05, 4.69) is 15.1 Å². The second-order valence-electron chi connectivity index (χ2n) is 4.49. The van der Waals surface area contributed by atoms with E-state index in [0.717, 1.165) is 13.1 Å². The van der Waals surface area contributed by atoms with Gasteiger partial charge in [-0.15, -0.1) is 10.2 Å². The second kappa shape index (κ2) is 6.07. The van der Waals surface area contributed by atoms with E-state index in [1.807, 2.05) is 7.05 Å². The van der Waals surface area contributed by atoms with Crippen LogP contribution in [0.2, 0.25) is 0 Å². The summed E-state index contributed by atoms with van der Waals surface area (Å²) in [5, 5.41) is 17.3. The number of carbonyl (C=O) groups is 2. The van der Waals surface area contributed by atoms with Crippen LogP contribution < -0.4 is 0 Å². The number of hydrogen-bond donors (Lipinski definition) is 1. The summed E-state index contributed by atoms with van der Waals surface area (Å²) in [6.07, 6.45) is 0.334. The zero-order valence-corrected chi connectivity index (χ0v) is 11.5. The van der Waals surface area contributed by atoms with Crippen molar-refractivity contribution in [3.8, 4) is 0 Å². The molecule has 0 unspecified atom stereocenters. The molecule has 1 amide bonds. The Morgan fingerprint density at radius 2 is 1.95 bits per heavy atom. The summed E-state index contributed by atoms with van der Waals surface area (Å²) in [5.41, 5.74) is 0. The molecule has 1 N–H and O–H groups in total. The molecule has 7 nitrogen and oxygen atoms in total. The average Bonchev–Trinajstić information content (AvgIpc) is 2.85. The monoisotopic (exact) mass is 284 g/mol. The number of aliphatic carboxylic acids is 1. The molecule has 2 rings (SSSR count). The fourth-order valence-electron chi connectivity index (χ4n) is 1.80. The summed E-state index contributed by atoms with van der Waals surface area (Å²) >= 11 is 1.19. The van der Waals surface area contributed by atoms with Crippen molar-refractivity contribution in [3.05, 3.63) is 10.0 Å². The van der Waals surface area contributed by atoms with Gasteiger partial charge in [-0.05, 0) is 7.05 Å². The van der Waals surface area contributed by atoms with Crippen molar-refractivity contribution in [1.29, 1.82) is 0 Å². The van der Waals surface area contributed by atoms with E-state index < -0.39 is 5.97 Å². The van der Waals surface area contributed by atoms with E-state index in [9.17, 15) is 9.59 Å². The third-order valence-electron chi connectivity index (χ3n) is 2.99. The van der Waals surface area contributed by atoms with E-state index in [-0.39, 0.29) is 12.3 Å². The quantitative estimate of drug-likeness (QED) is 0.833. The molecular formula is C11H16N4O3S. The van der Waals surface area contributed by atoms with Crippen LogP contribution in [0.4, 0.5) is 0 Å². The van der Waals surface area contributed by atoms with Gasteiger partial charge in [0.05, 0.1) is 6.42 Å². The number of rotatable bonds is 4. The minimum Gasteiger partial charge on any atom is -0.481 e. The number of nitrogens with zero attached hydrogens (tertiary/aromatic N) is 4. The topological polar surface area (TPSA) is 86.6 Å². The molecule has 1 saturated heterocycles. The van der Waals surface area contributed by atoms with Gasteiger partial charge in [0, 0.05) is 32.6 Å². The zero-order valence-electron chi connectivity index (χ0n) is 10.7. The van der Waals surface area contributed by atoms with E-state index in [1.54, 1.807) is 4.90 Å². The van der Waals surface area contributed by atoms with Gasteiger partial charge in [0.1, 0.15) is 5.01 Å². The van der Waals surface area contributed by atoms with Crippen molar-refractivity contribution < 1.29 is 14.7 Å². The molecule has 1 aliphatic heterocycles. The largest absolute Gasteiger partial charge is 0.481 e. The molecule has 0 aromatic carbocycles. The third-order valence-corrected chi connectivity index (χ3v) is 3.96. The van der Waals surface area contributed by atoms with Crippen molar-refractivity contribution in [2.24, 2.45) is 0 Å². The molecule has 0 atom stereocenters. The van der Waals surface area contributed by atoms with Gasteiger partial charge in [0.2, 0.25) is 5.01 Å². The second-order valence-corrected chi connectivity index (χ2v) is 5.55. The number of piperazine rings is 1. The molecule has 104 valence electrons. The number of aryl methyl sites for hydroxylation is 1. The smallest absolute Gasteiger partial charge is 0.303 e. The Bertz CT molecular complexity index is 468. The normalized spacial score (nSPS) is 16.6. The number of carboxylic acids is 1. The molecule has 0 spiro atoms. The maximum atomic E-state index is 12.2. The summed E-state index contributed by atoms with van der Waals surface area (Å²) in [6.45, 7) is 3.10. The third kappa shape index (κ3) is 3.71. The van der Waals surface area contributed by atoms with Gasteiger partial charge in [-0.2, -0.15) is 0 Å². The summed E-state index contributed by atoms with van der Waals surface area (Å²) in [7, 11) is 2.02. The summed E-state index contributed by atoms with van der Waals surface area (Å²) in [5.74, 6) is -0.977. The van der Waals surface area contributed by atoms with E-state index >= 15 is 0 Å². The molecule has 1 fully saturated rings. The minimum absolute atomic E-state index is 0.0112. The van der Waals surface area contributed by atoms with Crippen LogP contribution in [0.5, 0.6) is 0 Å². The van der Waals surface area contributed by atoms with Crippen molar-refractivity contribution in [1.82, 2.24) is 20.0 Å². The standard InChI is InChI=1S/C11H16N4O3S/c1-14-4-6-15(7-5-14)11(18)10-13-12-8(19-10)2-3-9(16)17/h2-7H2,1H3,(H,16,17). The van der Waals surface area contributed by atoms with E-state index in [1.165, 1.54) is 11.3 Å². The van der Waals surface area contributed by atoms with Crippen LogP contribution in [-0.2, 0) is 11.2 Å². The number of hydrogen-bond acceptors (Lipinski definition) is 6. The van der Waals surface area contributed by atoms with E-state index in [0.29, 0.717) is 29.5 Å². The molecule has 8 heteroatoms. The fourth-order valence-corrected chi connectivity index (χ4v) is 2.61. The SMILES string of the molecule is CN1CCN(C(=O)c2nnc(CCC(=O)O)s2)CC1. The maximum Gasteiger partial charge on any atom is 0.303 e. The molecule has 0 radical (unpaired) electrons. The summed E-state index contributed by atoms with van der Waals surface area (Å²) < 4.78 is 0. The average molecular weight is 284 g/mol. The number of likely N-dealkylation sites (N-methyl/N-ethyl adjacent to an activating group) is 1. The molecule has 19 heavy (non-hydrogen) atoms. The predicted molar refractivity (Wildman–Crippen MR) is 69.3 cm³/mol. The van der Waals surface area contributed by atoms with Gasteiger partial charge in [0.25, 0.3) is 5.91 Å². The van der Waals surface area contributed by atoms with Crippen LogP contribution in [0.3, 0.4) is 0 Å². The lowest BCUT2D eigenvalue weighted by molar-refractivity contribution is -0.136. The van der Waals surface area contributed by atoms with Crippen LogP contribution in [0.1, 0.15) is 21.2 Å². The van der Waals surface area contributed by atoms with Gasteiger partial charge in [-0.25, -0.2) is 0 Å². The number of carbonyl (C=O) groups excluding carboxylic acids is 1. The van der Waals surface area contributed by atoms with Crippen LogP contribution in [0, 0.1) is 0 Å². The summed E-state index contributed by atoms with van der Waals surface area (Å²) in [4.78, 5) is 26.6. The number of amides is 1. The first kappa shape index (κ1) is 13.9. The number of aromatic nitrogens is 2. The van der Waals surface area contributed by atoms with Crippen molar-refractivity contribution in [2.75, 3.05) is 33.2 Å². The molecule has 0 aliphatic carbocycles.